The molecule has 5 nitrogen and oxygen atoms in total. The Labute approximate surface area is 134 Å². The van der Waals surface area contributed by atoms with E-state index in [0.717, 1.165) is 17.0 Å². The Bertz CT molecular complexity index is 589. The van der Waals surface area contributed by atoms with Crippen LogP contribution >= 0.6 is 23.7 Å². The second-order valence-corrected chi connectivity index (χ2v) is 5.00. The first kappa shape index (κ1) is 17.4. The lowest BCUT2D eigenvalue weighted by Gasteiger charge is -2.05. The van der Waals surface area contributed by atoms with Crippen LogP contribution in [-0.2, 0) is 4.79 Å². The number of para-hydroxylation sites is 1. The minimum absolute atomic E-state index is 0. The van der Waals surface area contributed by atoms with Gasteiger partial charge in [0.1, 0.15) is 5.75 Å². The van der Waals surface area contributed by atoms with Gasteiger partial charge in [-0.05, 0) is 19.2 Å². The highest BCUT2D eigenvalue weighted by Crippen LogP contribution is 2.31. The first-order valence-corrected chi connectivity index (χ1v) is 7.16. The maximum atomic E-state index is 11.6. The number of nitrogens with one attached hydrogen (secondary N) is 2. The molecule has 1 heterocycles. The quantitative estimate of drug-likeness (QED) is 0.856. The molecule has 0 spiro atoms. The number of aromatic nitrogens is 1. The Balaban J connectivity index is 0.00000220. The van der Waals surface area contributed by atoms with Crippen LogP contribution in [0.4, 0.5) is 5.13 Å². The summed E-state index contributed by atoms with van der Waals surface area (Å²) in [5.74, 6) is 0.728. The van der Waals surface area contributed by atoms with E-state index in [0.29, 0.717) is 18.1 Å². The summed E-state index contributed by atoms with van der Waals surface area (Å²) in [6.07, 6.45) is 0.431. The molecule has 2 aromatic rings. The van der Waals surface area contributed by atoms with E-state index in [4.69, 9.17) is 4.74 Å². The number of rotatable bonds is 6. The van der Waals surface area contributed by atoms with Crippen LogP contribution in [0.2, 0.25) is 0 Å². The zero-order chi connectivity index (χ0) is 14.4. The summed E-state index contributed by atoms with van der Waals surface area (Å²) in [6, 6.07) is 7.68. The third-order valence-electron chi connectivity index (χ3n) is 2.74. The first-order chi connectivity index (χ1) is 9.74. The molecule has 0 aliphatic carbocycles. The lowest BCUT2D eigenvalue weighted by atomic mass is 10.1. The molecule has 21 heavy (non-hydrogen) atoms. The number of carbonyl (C=O) groups is 1. The lowest BCUT2D eigenvalue weighted by molar-refractivity contribution is -0.116. The number of hydrogen-bond donors (Lipinski definition) is 2. The molecule has 0 fully saturated rings. The molecule has 0 radical (unpaired) electrons. The van der Waals surface area contributed by atoms with Crippen molar-refractivity contribution >= 4 is 34.8 Å². The lowest BCUT2D eigenvalue weighted by Crippen LogP contribution is -2.18. The molecule has 0 bridgehead atoms. The first-order valence-electron chi connectivity index (χ1n) is 6.28. The Morgan fingerprint density at radius 2 is 2.14 bits per heavy atom. The van der Waals surface area contributed by atoms with Gasteiger partial charge in [-0.3, -0.25) is 4.79 Å². The van der Waals surface area contributed by atoms with Crippen molar-refractivity contribution in [1.82, 2.24) is 10.3 Å². The summed E-state index contributed by atoms with van der Waals surface area (Å²) in [4.78, 5) is 16.1. The summed E-state index contributed by atoms with van der Waals surface area (Å²) in [6.45, 7) is 0.649. The van der Waals surface area contributed by atoms with Gasteiger partial charge in [0.2, 0.25) is 5.91 Å². The Morgan fingerprint density at radius 3 is 2.86 bits per heavy atom. The molecule has 0 aliphatic rings. The van der Waals surface area contributed by atoms with Gasteiger partial charge in [-0.15, -0.1) is 23.7 Å². The number of amides is 1. The van der Waals surface area contributed by atoms with Crippen molar-refractivity contribution in [3.8, 4) is 17.0 Å². The second kappa shape index (κ2) is 8.61. The van der Waals surface area contributed by atoms with Crippen molar-refractivity contribution < 1.29 is 9.53 Å². The number of methoxy groups -OCH3 is 1. The molecule has 2 N–H and O–H groups in total. The van der Waals surface area contributed by atoms with Crippen molar-refractivity contribution in [1.29, 1.82) is 0 Å². The third kappa shape index (κ3) is 4.70. The fourth-order valence-electron chi connectivity index (χ4n) is 1.73. The normalized spacial score (nSPS) is 9.81. The Hall–Kier alpha value is -1.63. The number of hydrogen-bond acceptors (Lipinski definition) is 5. The molecular formula is C14H18ClN3O2S. The molecule has 2 rings (SSSR count). The van der Waals surface area contributed by atoms with Crippen molar-refractivity contribution in [2.75, 3.05) is 26.0 Å². The second-order valence-electron chi connectivity index (χ2n) is 4.14. The summed E-state index contributed by atoms with van der Waals surface area (Å²) >= 11 is 1.41. The monoisotopic (exact) mass is 327 g/mol. The molecule has 114 valence electrons. The number of nitrogens with zero attached hydrogens (tertiary/aromatic N) is 1. The fraction of sp³-hybridized carbons (Fsp3) is 0.286. The van der Waals surface area contributed by atoms with Crippen LogP contribution in [0.5, 0.6) is 5.75 Å². The molecule has 7 heteroatoms. The molecule has 0 aliphatic heterocycles. The molecule has 0 unspecified atom stereocenters. The van der Waals surface area contributed by atoms with Crippen LogP contribution in [0.25, 0.3) is 11.3 Å². The van der Waals surface area contributed by atoms with E-state index in [1.54, 1.807) is 7.11 Å². The van der Waals surface area contributed by atoms with E-state index < -0.39 is 0 Å². The highest BCUT2D eigenvalue weighted by Gasteiger charge is 2.10. The highest BCUT2D eigenvalue weighted by atomic mass is 35.5. The molecule has 1 aromatic carbocycles. The van der Waals surface area contributed by atoms with E-state index in [9.17, 15) is 4.79 Å². The van der Waals surface area contributed by atoms with E-state index in [2.05, 4.69) is 15.6 Å². The van der Waals surface area contributed by atoms with Gasteiger partial charge in [-0.1, -0.05) is 12.1 Å². The predicted molar refractivity (Wildman–Crippen MR) is 88.5 cm³/mol. The zero-order valence-electron chi connectivity index (χ0n) is 11.9. The van der Waals surface area contributed by atoms with Crippen LogP contribution in [0.1, 0.15) is 6.42 Å². The van der Waals surface area contributed by atoms with Crippen LogP contribution in [-0.4, -0.2) is 31.6 Å². The van der Waals surface area contributed by atoms with E-state index >= 15 is 0 Å². The third-order valence-corrected chi connectivity index (χ3v) is 3.49. The van der Waals surface area contributed by atoms with Crippen LogP contribution in [0, 0.1) is 0 Å². The van der Waals surface area contributed by atoms with E-state index in [1.807, 2.05) is 36.7 Å². The number of halogens is 1. The maximum Gasteiger partial charge on any atom is 0.227 e. The highest BCUT2D eigenvalue weighted by molar-refractivity contribution is 7.14. The minimum Gasteiger partial charge on any atom is -0.496 e. The zero-order valence-corrected chi connectivity index (χ0v) is 13.5. The number of carbonyl (C=O) groups excluding carboxylic acids is 1. The largest absolute Gasteiger partial charge is 0.496 e. The SMILES string of the molecule is CNCCC(=O)Nc1nc(-c2ccccc2OC)cs1.Cl. The molecule has 0 saturated carbocycles. The van der Waals surface area contributed by atoms with E-state index in [1.165, 1.54) is 11.3 Å². The summed E-state index contributed by atoms with van der Waals surface area (Å²) in [7, 11) is 3.45. The average molecular weight is 328 g/mol. The minimum atomic E-state index is -0.0414. The average Bonchev–Trinajstić information content (AvgIpc) is 2.93. The number of benzene rings is 1. The Kier molecular flexibility index (Phi) is 7.14. The Morgan fingerprint density at radius 1 is 1.38 bits per heavy atom. The van der Waals surface area contributed by atoms with Crippen molar-refractivity contribution in [3.63, 3.8) is 0 Å². The number of anilines is 1. The smallest absolute Gasteiger partial charge is 0.227 e. The van der Waals surface area contributed by atoms with Crippen molar-refractivity contribution in [2.45, 2.75) is 6.42 Å². The van der Waals surface area contributed by atoms with Crippen molar-refractivity contribution in [3.05, 3.63) is 29.6 Å². The summed E-state index contributed by atoms with van der Waals surface area (Å²) in [5, 5.41) is 8.24. The van der Waals surface area contributed by atoms with Gasteiger partial charge in [0, 0.05) is 23.9 Å². The molecule has 1 aromatic heterocycles. The van der Waals surface area contributed by atoms with Gasteiger partial charge in [0.15, 0.2) is 5.13 Å². The molecule has 1 amide bonds. The van der Waals surface area contributed by atoms with E-state index in [-0.39, 0.29) is 18.3 Å². The molecule has 0 atom stereocenters. The van der Waals surface area contributed by atoms with Crippen LogP contribution in [0.3, 0.4) is 0 Å². The predicted octanol–water partition coefficient (Wildman–Crippen LogP) is 2.79. The van der Waals surface area contributed by atoms with Gasteiger partial charge in [-0.2, -0.15) is 0 Å². The topological polar surface area (TPSA) is 63.2 Å². The number of thiazole rings is 1. The van der Waals surface area contributed by atoms with Gasteiger partial charge < -0.3 is 15.4 Å². The molecule has 0 saturated heterocycles. The van der Waals surface area contributed by atoms with Gasteiger partial charge in [0.25, 0.3) is 0 Å². The van der Waals surface area contributed by atoms with Crippen molar-refractivity contribution in [2.24, 2.45) is 0 Å². The number of ether oxygens (including phenoxy) is 1. The molecular weight excluding hydrogens is 310 g/mol. The maximum absolute atomic E-state index is 11.6. The summed E-state index contributed by atoms with van der Waals surface area (Å²) in [5.41, 5.74) is 1.72. The van der Waals surface area contributed by atoms with Gasteiger partial charge >= 0.3 is 0 Å². The summed E-state index contributed by atoms with van der Waals surface area (Å²) < 4.78 is 5.31. The fourth-order valence-corrected chi connectivity index (χ4v) is 2.46. The van der Waals surface area contributed by atoms with Gasteiger partial charge in [-0.25, -0.2) is 4.98 Å². The van der Waals surface area contributed by atoms with Crippen LogP contribution < -0.4 is 15.4 Å². The van der Waals surface area contributed by atoms with Gasteiger partial charge in [0.05, 0.1) is 12.8 Å². The standard InChI is InChI=1S/C14H17N3O2S.ClH/c1-15-8-7-13(18)17-14-16-11(9-20-14)10-5-3-4-6-12(10)19-2;/h3-6,9,15H,7-8H2,1-2H3,(H,16,17,18);1H. The van der Waals surface area contributed by atoms with Crippen LogP contribution in [0.15, 0.2) is 29.6 Å².